The van der Waals surface area contributed by atoms with E-state index in [0.717, 1.165) is 11.8 Å². The third-order valence-electron chi connectivity index (χ3n) is 2.05. The second-order valence-electron chi connectivity index (χ2n) is 4.46. The molecule has 1 N–H and O–H groups in total. The zero-order valence-corrected chi connectivity index (χ0v) is 9.14. The highest BCUT2D eigenvalue weighted by Gasteiger charge is 2.42. The molecule has 0 saturated heterocycles. The number of rotatable bonds is 2. The maximum atomic E-state index is 13.0. The number of hydrogen-bond donors (Lipinski definition) is 1. The Hall–Kier alpha value is -0.870. The van der Waals surface area contributed by atoms with Crippen LogP contribution >= 0.6 is 0 Å². The lowest BCUT2D eigenvalue weighted by molar-refractivity contribution is -0.0738. The fourth-order valence-electron chi connectivity index (χ4n) is 1.26. The Morgan fingerprint density at radius 2 is 1.64 bits per heavy atom. The first-order valence-electron chi connectivity index (χ1n) is 4.38. The van der Waals surface area contributed by atoms with Crippen molar-refractivity contribution in [3.63, 3.8) is 0 Å². The summed E-state index contributed by atoms with van der Waals surface area (Å²) in [5.74, 6) is -3.04. The summed E-state index contributed by atoms with van der Waals surface area (Å²) in [7, 11) is 0. The molecule has 5 heteroatoms. The van der Waals surface area contributed by atoms with Crippen LogP contribution in [0.1, 0.15) is 34.6 Å². The molecule has 14 heavy (non-hydrogen) atoms. The minimum atomic E-state index is -3.04. The third-order valence-corrected chi connectivity index (χ3v) is 2.05. The summed E-state index contributed by atoms with van der Waals surface area (Å²) in [6, 6.07) is -1.33. The van der Waals surface area contributed by atoms with E-state index in [4.69, 9.17) is 5.11 Å². The van der Waals surface area contributed by atoms with E-state index in [-0.39, 0.29) is 0 Å². The van der Waals surface area contributed by atoms with E-state index in [0.29, 0.717) is 0 Å². The molecule has 0 radical (unpaired) electrons. The minimum Gasteiger partial charge on any atom is -0.465 e. The van der Waals surface area contributed by atoms with Gasteiger partial charge in [-0.25, -0.2) is 13.6 Å². The van der Waals surface area contributed by atoms with E-state index in [1.165, 1.54) is 6.92 Å². The van der Waals surface area contributed by atoms with Crippen LogP contribution in [0.3, 0.4) is 0 Å². The molecule has 3 nitrogen and oxygen atoms in total. The predicted octanol–water partition coefficient (Wildman–Crippen LogP) is 2.81. The molecule has 0 aromatic rings. The molecule has 0 aromatic heterocycles. The fraction of sp³-hybridized carbons (Fsp3) is 0.889. The first-order valence-corrected chi connectivity index (χ1v) is 4.38. The molecule has 0 aromatic carbocycles. The molecule has 0 aliphatic carbocycles. The molecule has 1 atom stereocenters. The summed E-state index contributed by atoms with van der Waals surface area (Å²) in [4.78, 5) is 11.6. The van der Waals surface area contributed by atoms with Crippen LogP contribution in [0.5, 0.6) is 0 Å². The van der Waals surface area contributed by atoms with Crippen LogP contribution in [0, 0.1) is 0 Å². The van der Waals surface area contributed by atoms with Crippen molar-refractivity contribution in [1.82, 2.24) is 4.90 Å². The average molecular weight is 209 g/mol. The van der Waals surface area contributed by atoms with E-state index < -0.39 is 23.6 Å². The maximum Gasteiger partial charge on any atom is 0.408 e. The van der Waals surface area contributed by atoms with Crippen LogP contribution < -0.4 is 0 Å². The lowest BCUT2D eigenvalue weighted by Gasteiger charge is -2.40. The van der Waals surface area contributed by atoms with Gasteiger partial charge in [0.05, 0.1) is 6.04 Å². The molecule has 0 spiro atoms. The van der Waals surface area contributed by atoms with Gasteiger partial charge in [0.1, 0.15) is 0 Å². The summed E-state index contributed by atoms with van der Waals surface area (Å²) >= 11 is 0. The van der Waals surface area contributed by atoms with Gasteiger partial charge in [-0.3, -0.25) is 4.90 Å². The number of carboxylic acid groups (broad SMARTS) is 1. The Morgan fingerprint density at radius 1 is 1.29 bits per heavy atom. The predicted molar refractivity (Wildman–Crippen MR) is 49.7 cm³/mol. The zero-order chi connectivity index (χ0) is 11.7. The smallest absolute Gasteiger partial charge is 0.408 e. The van der Waals surface area contributed by atoms with E-state index in [9.17, 15) is 13.6 Å². The van der Waals surface area contributed by atoms with Crippen molar-refractivity contribution in [3.05, 3.63) is 0 Å². The van der Waals surface area contributed by atoms with Gasteiger partial charge in [0.15, 0.2) is 0 Å². The normalized spacial score (nSPS) is 15.1. The van der Waals surface area contributed by atoms with E-state index >= 15 is 0 Å². The molecule has 0 unspecified atom stereocenters. The summed E-state index contributed by atoms with van der Waals surface area (Å²) in [5.41, 5.74) is -0.829. The highest BCUT2D eigenvalue weighted by atomic mass is 19.3. The van der Waals surface area contributed by atoms with Crippen molar-refractivity contribution >= 4 is 6.09 Å². The number of nitrogens with zero attached hydrogens (tertiary/aromatic N) is 1. The molecule has 0 fully saturated rings. The van der Waals surface area contributed by atoms with Gasteiger partial charge in [0.25, 0.3) is 5.92 Å². The number of halogens is 2. The van der Waals surface area contributed by atoms with Crippen LogP contribution in [0.15, 0.2) is 0 Å². The molecular weight excluding hydrogens is 192 g/mol. The van der Waals surface area contributed by atoms with Crippen molar-refractivity contribution in [2.24, 2.45) is 0 Å². The standard InChI is InChI=1S/C9H17F2NO2/c1-6(9(5,10)11)12(7(13)14)8(2,3)4/h6H,1-5H3,(H,13,14)/t6-/m1/s1. The van der Waals surface area contributed by atoms with Crippen molar-refractivity contribution in [1.29, 1.82) is 0 Å². The molecular formula is C9H17F2NO2. The number of amides is 1. The third kappa shape index (κ3) is 3.12. The average Bonchev–Trinajstić information content (AvgIpc) is 1.79. The van der Waals surface area contributed by atoms with Crippen LogP contribution in [-0.4, -0.2) is 33.6 Å². The van der Waals surface area contributed by atoms with Crippen molar-refractivity contribution in [3.8, 4) is 0 Å². The topological polar surface area (TPSA) is 40.5 Å². The number of alkyl halides is 2. The van der Waals surface area contributed by atoms with E-state index in [1.54, 1.807) is 20.8 Å². The van der Waals surface area contributed by atoms with Crippen molar-refractivity contribution in [2.45, 2.75) is 52.1 Å². The van der Waals surface area contributed by atoms with Gasteiger partial charge in [-0.15, -0.1) is 0 Å². The number of hydrogen-bond acceptors (Lipinski definition) is 1. The Kier molecular flexibility index (Phi) is 3.48. The minimum absolute atomic E-state index is 0.722. The maximum absolute atomic E-state index is 13.0. The molecule has 0 bridgehead atoms. The summed E-state index contributed by atoms with van der Waals surface area (Å²) in [6.07, 6.45) is -1.33. The fourth-order valence-corrected chi connectivity index (χ4v) is 1.26. The molecule has 84 valence electrons. The molecule has 0 aliphatic heterocycles. The molecule has 1 amide bonds. The molecule has 0 saturated carbocycles. The Morgan fingerprint density at radius 3 is 1.71 bits per heavy atom. The summed E-state index contributed by atoms with van der Waals surface area (Å²) in [5, 5.41) is 8.84. The largest absolute Gasteiger partial charge is 0.465 e. The Labute approximate surface area is 82.7 Å². The van der Waals surface area contributed by atoms with Crippen molar-refractivity contribution in [2.75, 3.05) is 0 Å². The van der Waals surface area contributed by atoms with E-state index in [2.05, 4.69) is 0 Å². The highest BCUT2D eigenvalue weighted by molar-refractivity contribution is 5.66. The van der Waals surface area contributed by atoms with Crippen LogP contribution in [0.25, 0.3) is 0 Å². The van der Waals surface area contributed by atoms with Crippen molar-refractivity contribution < 1.29 is 18.7 Å². The van der Waals surface area contributed by atoms with E-state index in [1.807, 2.05) is 0 Å². The Bertz CT molecular complexity index is 218. The second-order valence-corrected chi connectivity index (χ2v) is 4.46. The van der Waals surface area contributed by atoms with Gasteiger partial charge in [0, 0.05) is 12.5 Å². The molecule has 0 aliphatic rings. The van der Waals surface area contributed by atoms with Gasteiger partial charge >= 0.3 is 6.09 Å². The van der Waals surface area contributed by atoms with Gasteiger partial charge in [-0.05, 0) is 27.7 Å². The summed E-state index contributed by atoms with van der Waals surface area (Å²) in [6.45, 7) is 6.69. The zero-order valence-electron chi connectivity index (χ0n) is 9.14. The van der Waals surface area contributed by atoms with Gasteiger partial charge in [-0.1, -0.05) is 0 Å². The first-order chi connectivity index (χ1) is 5.98. The molecule has 0 rings (SSSR count). The Balaban J connectivity index is 4.96. The van der Waals surface area contributed by atoms with Gasteiger partial charge in [-0.2, -0.15) is 0 Å². The van der Waals surface area contributed by atoms with Gasteiger partial charge < -0.3 is 5.11 Å². The van der Waals surface area contributed by atoms with Crippen LogP contribution in [-0.2, 0) is 0 Å². The lowest BCUT2D eigenvalue weighted by Crippen LogP contribution is -2.55. The first kappa shape index (κ1) is 13.1. The second kappa shape index (κ2) is 3.71. The van der Waals surface area contributed by atoms with Gasteiger partial charge in [0.2, 0.25) is 0 Å². The molecule has 0 heterocycles. The quantitative estimate of drug-likeness (QED) is 0.759. The highest BCUT2D eigenvalue weighted by Crippen LogP contribution is 2.27. The lowest BCUT2D eigenvalue weighted by atomic mass is 10.0. The SMILES string of the molecule is C[C@@H](N(C(=O)O)C(C)(C)C)C(C)(F)F. The monoisotopic (exact) mass is 209 g/mol. The van der Waals surface area contributed by atoms with Crippen LogP contribution in [0.2, 0.25) is 0 Å². The number of carbonyl (C=O) groups is 1. The van der Waals surface area contributed by atoms with Crippen LogP contribution in [0.4, 0.5) is 13.6 Å². The summed E-state index contributed by atoms with van der Waals surface area (Å²) < 4.78 is 25.9.